The number of carbonyl (C=O) groups excluding carboxylic acids is 1. The number of hydrogen-bond donors (Lipinski definition) is 2. The third-order valence-electron chi connectivity index (χ3n) is 2.83. The van der Waals surface area contributed by atoms with E-state index in [9.17, 15) is 4.79 Å². The molecule has 0 aromatic heterocycles. The summed E-state index contributed by atoms with van der Waals surface area (Å²) >= 11 is 0. The number of ketones is 1. The van der Waals surface area contributed by atoms with Crippen molar-refractivity contribution in [3.8, 4) is 0 Å². The maximum absolute atomic E-state index is 12.1. The van der Waals surface area contributed by atoms with Crippen LogP contribution in [0.5, 0.6) is 0 Å². The summed E-state index contributed by atoms with van der Waals surface area (Å²) in [5.41, 5.74) is 13.8. The van der Waals surface area contributed by atoms with Crippen LogP contribution in [0.15, 0.2) is 47.2 Å². The standard InChI is InChI=1S/C13H16N2O/c14-11-5-1-3-9(7-11)13(16)10-4-2-6-12(15)8-10/h1,3,5-6,8,11H,2,4,7,14-15H2. The molecule has 0 saturated carbocycles. The van der Waals surface area contributed by atoms with E-state index in [4.69, 9.17) is 11.5 Å². The number of rotatable bonds is 2. The molecule has 3 heteroatoms. The average Bonchev–Trinajstić information content (AvgIpc) is 2.28. The molecule has 0 aliphatic heterocycles. The Morgan fingerprint density at radius 2 is 2.19 bits per heavy atom. The van der Waals surface area contributed by atoms with E-state index in [1.165, 1.54) is 0 Å². The Labute approximate surface area is 95.2 Å². The van der Waals surface area contributed by atoms with Crippen molar-refractivity contribution in [3.05, 3.63) is 47.2 Å². The van der Waals surface area contributed by atoms with E-state index in [0.29, 0.717) is 12.1 Å². The zero-order chi connectivity index (χ0) is 11.5. The highest BCUT2D eigenvalue weighted by Crippen LogP contribution is 2.22. The first-order valence-corrected chi connectivity index (χ1v) is 5.50. The highest BCUT2D eigenvalue weighted by molar-refractivity contribution is 6.09. The van der Waals surface area contributed by atoms with E-state index >= 15 is 0 Å². The van der Waals surface area contributed by atoms with Gasteiger partial charge in [0.1, 0.15) is 0 Å². The lowest BCUT2D eigenvalue weighted by molar-refractivity contribution is -0.112. The number of carbonyl (C=O) groups is 1. The van der Waals surface area contributed by atoms with Gasteiger partial charge in [0.25, 0.3) is 0 Å². The van der Waals surface area contributed by atoms with Crippen LogP contribution in [0.4, 0.5) is 0 Å². The molecule has 3 nitrogen and oxygen atoms in total. The van der Waals surface area contributed by atoms with Gasteiger partial charge in [0.2, 0.25) is 0 Å². The van der Waals surface area contributed by atoms with Crippen LogP contribution in [0.1, 0.15) is 19.3 Å². The van der Waals surface area contributed by atoms with Crippen LogP contribution in [0.3, 0.4) is 0 Å². The lowest BCUT2D eigenvalue weighted by atomic mass is 9.90. The lowest BCUT2D eigenvalue weighted by Gasteiger charge is -2.16. The zero-order valence-corrected chi connectivity index (χ0v) is 9.15. The molecule has 0 fully saturated rings. The predicted molar refractivity (Wildman–Crippen MR) is 64.4 cm³/mol. The molecule has 1 unspecified atom stereocenters. The van der Waals surface area contributed by atoms with E-state index in [-0.39, 0.29) is 11.8 Å². The summed E-state index contributed by atoms with van der Waals surface area (Å²) in [6.45, 7) is 0. The molecular formula is C13H16N2O. The van der Waals surface area contributed by atoms with Crippen LogP contribution in [0, 0.1) is 0 Å². The SMILES string of the molecule is NC1=CCCC(C(=O)C2=CC=CC(N)C2)=C1. The quantitative estimate of drug-likeness (QED) is 0.731. The van der Waals surface area contributed by atoms with E-state index in [2.05, 4.69) is 0 Å². The Morgan fingerprint density at radius 1 is 1.38 bits per heavy atom. The van der Waals surface area contributed by atoms with Gasteiger partial charge in [-0.05, 0) is 25.3 Å². The van der Waals surface area contributed by atoms with Gasteiger partial charge in [0.05, 0.1) is 0 Å². The van der Waals surface area contributed by atoms with Crippen LogP contribution in [-0.4, -0.2) is 11.8 Å². The molecule has 2 aliphatic carbocycles. The molecule has 0 aromatic rings. The monoisotopic (exact) mass is 216 g/mol. The fraction of sp³-hybridized carbons (Fsp3) is 0.308. The summed E-state index contributed by atoms with van der Waals surface area (Å²) < 4.78 is 0. The van der Waals surface area contributed by atoms with Crippen molar-refractivity contribution in [3.63, 3.8) is 0 Å². The molecule has 0 heterocycles. The summed E-state index contributed by atoms with van der Waals surface area (Å²) in [4.78, 5) is 12.1. The largest absolute Gasteiger partial charge is 0.399 e. The van der Waals surface area contributed by atoms with Crippen LogP contribution in [-0.2, 0) is 4.79 Å². The molecule has 0 spiro atoms. The highest BCUT2D eigenvalue weighted by Gasteiger charge is 2.19. The first-order chi connectivity index (χ1) is 7.66. The fourth-order valence-electron chi connectivity index (χ4n) is 1.98. The van der Waals surface area contributed by atoms with Gasteiger partial charge in [-0.2, -0.15) is 0 Å². The summed E-state index contributed by atoms with van der Waals surface area (Å²) in [6, 6.07) is -0.0407. The van der Waals surface area contributed by atoms with Gasteiger partial charge in [-0.1, -0.05) is 24.3 Å². The third kappa shape index (κ3) is 2.31. The van der Waals surface area contributed by atoms with Crippen molar-refractivity contribution < 1.29 is 4.79 Å². The molecule has 4 N–H and O–H groups in total. The van der Waals surface area contributed by atoms with Gasteiger partial charge in [-0.25, -0.2) is 0 Å². The van der Waals surface area contributed by atoms with Crippen LogP contribution >= 0.6 is 0 Å². The van der Waals surface area contributed by atoms with Gasteiger partial charge in [0.15, 0.2) is 5.78 Å². The molecule has 0 amide bonds. The van der Waals surface area contributed by atoms with Crippen molar-refractivity contribution in [1.29, 1.82) is 0 Å². The second-order valence-corrected chi connectivity index (χ2v) is 4.19. The summed E-state index contributed by atoms with van der Waals surface area (Å²) in [5.74, 6) is 0.0934. The first-order valence-electron chi connectivity index (χ1n) is 5.50. The summed E-state index contributed by atoms with van der Waals surface area (Å²) in [7, 11) is 0. The number of nitrogens with two attached hydrogens (primary N) is 2. The minimum Gasteiger partial charge on any atom is -0.399 e. The minimum atomic E-state index is -0.0407. The Morgan fingerprint density at radius 3 is 2.88 bits per heavy atom. The van der Waals surface area contributed by atoms with E-state index in [1.807, 2.05) is 24.3 Å². The van der Waals surface area contributed by atoms with Crippen molar-refractivity contribution in [1.82, 2.24) is 0 Å². The zero-order valence-electron chi connectivity index (χ0n) is 9.15. The van der Waals surface area contributed by atoms with Gasteiger partial charge in [0, 0.05) is 22.9 Å². The van der Waals surface area contributed by atoms with Crippen molar-refractivity contribution in [2.75, 3.05) is 0 Å². The maximum atomic E-state index is 12.1. The van der Waals surface area contributed by atoms with Crippen LogP contribution in [0.2, 0.25) is 0 Å². The summed E-state index contributed by atoms with van der Waals surface area (Å²) in [6.07, 6.45) is 11.6. The molecule has 2 rings (SSSR count). The molecule has 0 saturated heterocycles. The molecule has 84 valence electrons. The fourth-order valence-corrected chi connectivity index (χ4v) is 1.98. The van der Waals surface area contributed by atoms with Gasteiger partial charge in [-0.3, -0.25) is 4.79 Å². The topological polar surface area (TPSA) is 69.1 Å². The summed E-state index contributed by atoms with van der Waals surface area (Å²) in [5, 5.41) is 0. The van der Waals surface area contributed by atoms with Crippen molar-refractivity contribution >= 4 is 5.78 Å². The Hall–Kier alpha value is -1.61. The Balaban J connectivity index is 2.17. The number of Topliss-reactive ketones (excluding diaryl/α,β-unsaturated/α-hetero) is 1. The van der Waals surface area contributed by atoms with Crippen LogP contribution in [0.25, 0.3) is 0 Å². The molecule has 2 aliphatic rings. The second-order valence-electron chi connectivity index (χ2n) is 4.19. The maximum Gasteiger partial charge on any atom is 0.185 e. The van der Waals surface area contributed by atoms with E-state index in [0.717, 1.165) is 24.0 Å². The smallest absolute Gasteiger partial charge is 0.185 e. The van der Waals surface area contributed by atoms with E-state index < -0.39 is 0 Å². The minimum absolute atomic E-state index is 0.0407. The molecule has 0 bridgehead atoms. The van der Waals surface area contributed by atoms with Gasteiger partial charge in [-0.15, -0.1) is 0 Å². The normalized spacial score (nSPS) is 24.6. The lowest BCUT2D eigenvalue weighted by Crippen LogP contribution is -2.23. The van der Waals surface area contributed by atoms with Crippen molar-refractivity contribution in [2.24, 2.45) is 11.5 Å². The average molecular weight is 216 g/mol. The number of hydrogen-bond acceptors (Lipinski definition) is 3. The molecular weight excluding hydrogens is 200 g/mol. The first kappa shape index (κ1) is 10.9. The van der Waals surface area contributed by atoms with Crippen molar-refractivity contribution in [2.45, 2.75) is 25.3 Å². The van der Waals surface area contributed by atoms with E-state index in [1.54, 1.807) is 6.08 Å². The highest BCUT2D eigenvalue weighted by atomic mass is 16.1. The number of allylic oxidation sites excluding steroid dienone is 5. The molecule has 0 radical (unpaired) electrons. The second kappa shape index (κ2) is 4.49. The van der Waals surface area contributed by atoms with Crippen LogP contribution < -0.4 is 11.5 Å². The Kier molecular flexibility index (Phi) is 3.06. The molecule has 16 heavy (non-hydrogen) atoms. The van der Waals surface area contributed by atoms with Gasteiger partial charge < -0.3 is 11.5 Å². The molecule has 0 aromatic carbocycles. The van der Waals surface area contributed by atoms with Gasteiger partial charge >= 0.3 is 0 Å². The Bertz CT molecular complexity index is 427. The predicted octanol–water partition coefficient (Wildman–Crippen LogP) is 1.33. The molecule has 1 atom stereocenters. The third-order valence-corrected chi connectivity index (χ3v) is 2.83.